The molecule has 2 aromatic carbocycles. The van der Waals surface area contributed by atoms with Gasteiger partial charge in [0.1, 0.15) is 0 Å². The molecule has 182 valence electrons. The monoisotopic (exact) mass is 468 g/mol. The van der Waals surface area contributed by atoms with Crippen molar-refractivity contribution < 1.29 is 24.2 Å². The van der Waals surface area contributed by atoms with Gasteiger partial charge in [0.25, 0.3) is 5.91 Å². The maximum Gasteiger partial charge on any atom is 0.335 e. The quantitative estimate of drug-likeness (QED) is 0.576. The van der Waals surface area contributed by atoms with E-state index < -0.39 is 11.4 Å². The van der Waals surface area contributed by atoms with Gasteiger partial charge in [-0.05, 0) is 43.2 Å². The fraction of sp³-hybridized carbons (Fsp3) is 0.400. The van der Waals surface area contributed by atoms with Gasteiger partial charge in [0.05, 0.1) is 26.0 Å². The smallest absolute Gasteiger partial charge is 0.335 e. The first-order chi connectivity index (χ1) is 16.1. The number of amides is 3. The van der Waals surface area contributed by atoms with E-state index in [0.717, 1.165) is 11.1 Å². The maximum absolute atomic E-state index is 12.6. The van der Waals surface area contributed by atoms with Crippen LogP contribution in [0.2, 0.25) is 0 Å². The molecule has 3 amide bonds. The van der Waals surface area contributed by atoms with Crippen molar-refractivity contribution in [3.8, 4) is 11.5 Å². The van der Waals surface area contributed by atoms with Crippen molar-refractivity contribution in [3.63, 3.8) is 0 Å². The minimum atomic E-state index is -0.653. The number of rotatable bonds is 7. The van der Waals surface area contributed by atoms with E-state index in [4.69, 9.17) is 15.2 Å². The predicted molar refractivity (Wildman–Crippen MR) is 129 cm³/mol. The summed E-state index contributed by atoms with van der Waals surface area (Å²) in [5, 5.41) is 18.1. The van der Waals surface area contributed by atoms with Gasteiger partial charge >= 0.3 is 6.03 Å². The Morgan fingerprint density at radius 1 is 1.18 bits per heavy atom. The summed E-state index contributed by atoms with van der Waals surface area (Å²) >= 11 is 0. The molecule has 1 unspecified atom stereocenters. The van der Waals surface area contributed by atoms with Crippen molar-refractivity contribution in [1.82, 2.24) is 10.3 Å². The molecule has 0 spiro atoms. The summed E-state index contributed by atoms with van der Waals surface area (Å²) < 4.78 is 10.9. The molecule has 0 saturated carbocycles. The molecule has 2 aromatic rings. The van der Waals surface area contributed by atoms with Gasteiger partial charge in [0.2, 0.25) is 0 Å². The molecule has 0 fully saturated rings. The van der Waals surface area contributed by atoms with E-state index in [1.807, 2.05) is 32.9 Å². The zero-order valence-corrected chi connectivity index (χ0v) is 20.2. The Labute approximate surface area is 199 Å². The Balaban J connectivity index is 2.02. The fourth-order valence-electron chi connectivity index (χ4n) is 3.71. The molecule has 34 heavy (non-hydrogen) atoms. The van der Waals surface area contributed by atoms with Crippen molar-refractivity contribution in [2.24, 2.45) is 16.3 Å². The third kappa shape index (κ3) is 5.31. The number of aliphatic hydroxyl groups excluding tert-OH is 1. The lowest BCUT2D eigenvalue weighted by atomic mass is 9.93. The van der Waals surface area contributed by atoms with Gasteiger partial charge in [0, 0.05) is 35.3 Å². The minimum Gasteiger partial charge on any atom is -0.493 e. The first-order valence-corrected chi connectivity index (χ1v) is 11.0. The number of urea groups is 1. The number of carbonyl (C=O) groups is 2. The number of ether oxygens (including phenoxy) is 2. The van der Waals surface area contributed by atoms with Crippen LogP contribution in [0.25, 0.3) is 0 Å². The van der Waals surface area contributed by atoms with E-state index in [9.17, 15) is 14.7 Å². The van der Waals surface area contributed by atoms with Crippen molar-refractivity contribution in [3.05, 3.63) is 58.7 Å². The van der Waals surface area contributed by atoms with Crippen LogP contribution in [0, 0.1) is 5.41 Å². The molecule has 4 N–H and O–H groups in total. The van der Waals surface area contributed by atoms with Crippen LogP contribution in [0.3, 0.4) is 0 Å². The van der Waals surface area contributed by atoms with Crippen LogP contribution in [-0.2, 0) is 6.42 Å². The highest BCUT2D eigenvalue weighted by atomic mass is 16.5. The molecule has 9 nitrogen and oxygen atoms in total. The number of primary amides is 1. The number of benzene rings is 2. The van der Waals surface area contributed by atoms with E-state index in [1.54, 1.807) is 38.5 Å². The van der Waals surface area contributed by atoms with Crippen LogP contribution in [0.15, 0.2) is 41.5 Å². The molecule has 1 aliphatic rings. The number of carbonyl (C=O) groups excluding carboxylic acids is 2. The fourth-order valence-corrected chi connectivity index (χ4v) is 3.71. The first kappa shape index (κ1) is 25.0. The summed E-state index contributed by atoms with van der Waals surface area (Å²) in [5.74, 6) is 0.879. The van der Waals surface area contributed by atoms with E-state index in [0.29, 0.717) is 41.3 Å². The molecule has 0 aromatic heterocycles. The lowest BCUT2D eigenvalue weighted by Crippen LogP contribution is -2.39. The SMILES string of the molecule is COc1cc2c(cc1OC)C(c1ccc(C(=O)NCC(C)(C)CO)cc1)=NN(C(N)=O)C(C)C2. The minimum absolute atomic E-state index is 0.0332. The highest BCUT2D eigenvalue weighted by molar-refractivity contribution is 6.14. The summed E-state index contributed by atoms with van der Waals surface area (Å²) in [7, 11) is 3.13. The van der Waals surface area contributed by atoms with E-state index in [2.05, 4.69) is 10.4 Å². The van der Waals surface area contributed by atoms with Gasteiger partial charge in [-0.3, -0.25) is 4.79 Å². The third-order valence-corrected chi connectivity index (χ3v) is 5.81. The highest BCUT2D eigenvalue weighted by Crippen LogP contribution is 2.34. The summed E-state index contributed by atoms with van der Waals surface area (Å²) in [6.07, 6.45) is 0.521. The highest BCUT2D eigenvalue weighted by Gasteiger charge is 2.28. The number of nitrogens with one attached hydrogen (secondary N) is 1. The zero-order chi connectivity index (χ0) is 25.0. The molecular weight excluding hydrogens is 436 g/mol. The lowest BCUT2D eigenvalue weighted by molar-refractivity contribution is 0.0911. The normalized spacial score (nSPS) is 15.6. The van der Waals surface area contributed by atoms with Crippen LogP contribution in [0.1, 0.15) is 47.8 Å². The second-order valence-electron chi connectivity index (χ2n) is 9.13. The van der Waals surface area contributed by atoms with Crippen LogP contribution < -0.4 is 20.5 Å². The van der Waals surface area contributed by atoms with E-state index >= 15 is 0 Å². The number of fused-ring (bicyclic) bond motifs is 1. The second kappa shape index (κ2) is 10.1. The predicted octanol–water partition coefficient (Wildman–Crippen LogP) is 2.53. The number of hydrogen-bond acceptors (Lipinski definition) is 6. The van der Waals surface area contributed by atoms with Crippen LogP contribution in [0.4, 0.5) is 4.79 Å². The first-order valence-electron chi connectivity index (χ1n) is 11.0. The van der Waals surface area contributed by atoms with E-state index in [1.165, 1.54) is 5.01 Å². The Morgan fingerprint density at radius 3 is 2.35 bits per heavy atom. The van der Waals surface area contributed by atoms with Crippen LogP contribution in [-0.4, -0.2) is 61.2 Å². The topological polar surface area (TPSA) is 126 Å². The van der Waals surface area contributed by atoms with Gasteiger partial charge in [-0.15, -0.1) is 0 Å². The summed E-state index contributed by atoms with van der Waals surface area (Å²) in [6.45, 7) is 5.92. The number of aliphatic hydroxyl groups is 1. The van der Waals surface area contributed by atoms with Crippen molar-refractivity contribution in [1.29, 1.82) is 0 Å². The molecule has 0 aliphatic carbocycles. The average Bonchev–Trinajstić information content (AvgIpc) is 2.97. The molecule has 1 aliphatic heterocycles. The number of hydrogen-bond donors (Lipinski definition) is 3. The zero-order valence-electron chi connectivity index (χ0n) is 20.2. The maximum atomic E-state index is 12.6. The second-order valence-corrected chi connectivity index (χ2v) is 9.13. The van der Waals surface area contributed by atoms with Gasteiger partial charge in [-0.1, -0.05) is 26.0 Å². The van der Waals surface area contributed by atoms with Gasteiger partial charge in [0.15, 0.2) is 11.5 Å². The van der Waals surface area contributed by atoms with Gasteiger partial charge in [-0.2, -0.15) is 5.10 Å². The standard InChI is InChI=1S/C25H32N4O5/c1-15-10-18-11-20(33-4)21(34-5)12-19(18)22(28-29(15)24(26)32)16-6-8-17(9-7-16)23(31)27-13-25(2,3)14-30/h6-9,11-12,15,30H,10,13-14H2,1-5H3,(H2,26,32)(H,27,31). The van der Waals surface area contributed by atoms with Crippen LogP contribution in [0.5, 0.6) is 11.5 Å². The van der Waals surface area contributed by atoms with Crippen molar-refractivity contribution in [2.45, 2.75) is 33.2 Å². The molecule has 0 bridgehead atoms. The number of hydrazone groups is 1. The third-order valence-electron chi connectivity index (χ3n) is 5.81. The molecule has 1 heterocycles. The van der Waals surface area contributed by atoms with Crippen molar-refractivity contribution >= 4 is 17.6 Å². The van der Waals surface area contributed by atoms with Gasteiger partial charge < -0.3 is 25.6 Å². The number of nitrogens with two attached hydrogens (primary N) is 1. The molecular formula is C25H32N4O5. The molecule has 9 heteroatoms. The Kier molecular flexibility index (Phi) is 7.46. The molecule has 1 atom stereocenters. The summed E-state index contributed by atoms with van der Waals surface area (Å²) in [4.78, 5) is 24.7. The number of nitrogens with zero attached hydrogens (tertiary/aromatic N) is 2. The van der Waals surface area contributed by atoms with Gasteiger partial charge in [-0.25, -0.2) is 9.80 Å². The van der Waals surface area contributed by atoms with Crippen molar-refractivity contribution in [2.75, 3.05) is 27.4 Å². The lowest BCUT2D eigenvalue weighted by Gasteiger charge is -2.22. The molecule has 0 radical (unpaired) electrons. The number of methoxy groups -OCH3 is 2. The Hall–Kier alpha value is -3.59. The Morgan fingerprint density at radius 2 is 1.79 bits per heavy atom. The average molecular weight is 469 g/mol. The molecule has 0 saturated heterocycles. The summed E-state index contributed by atoms with van der Waals surface area (Å²) in [5.41, 5.74) is 8.64. The molecule has 3 rings (SSSR count). The largest absolute Gasteiger partial charge is 0.493 e. The summed E-state index contributed by atoms with van der Waals surface area (Å²) in [6, 6.07) is 9.75. The van der Waals surface area contributed by atoms with E-state index in [-0.39, 0.29) is 18.6 Å². The Bertz CT molecular complexity index is 1100. The van der Waals surface area contributed by atoms with Crippen LogP contribution >= 0.6 is 0 Å².